The van der Waals surface area contributed by atoms with Gasteiger partial charge in [-0.3, -0.25) is 9.59 Å². The molecule has 0 aromatic heterocycles. The van der Waals surface area contributed by atoms with E-state index in [4.69, 9.17) is 4.84 Å². The summed E-state index contributed by atoms with van der Waals surface area (Å²) in [5, 5.41) is 0.481. The van der Waals surface area contributed by atoms with Crippen molar-refractivity contribution in [3.63, 3.8) is 0 Å². The van der Waals surface area contributed by atoms with Crippen molar-refractivity contribution in [1.29, 1.82) is 0 Å². The minimum Gasteiger partial charge on any atom is -0.329 e. The highest BCUT2D eigenvalue weighted by Gasteiger charge is 2.40. The molecule has 0 bridgehead atoms. The van der Waals surface area contributed by atoms with Crippen molar-refractivity contribution in [2.45, 2.75) is 31.9 Å². The van der Waals surface area contributed by atoms with Gasteiger partial charge in [0.15, 0.2) is 0 Å². The number of nitrogens with zero attached hydrogens (tertiary/aromatic N) is 1. The average Bonchev–Trinajstić information content (AvgIpc) is 2.73. The summed E-state index contributed by atoms with van der Waals surface area (Å²) in [6, 6.07) is 6.26. The second-order valence-corrected chi connectivity index (χ2v) is 5.32. The molecule has 2 amide bonds. The summed E-state index contributed by atoms with van der Waals surface area (Å²) in [6.45, 7) is 0. The fourth-order valence-corrected chi connectivity index (χ4v) is 2.76. The lowest BCUT2D eigenvalue weighted by atomic mass is 9.88. The fourth-order valence-electron chi connectivity index (χ4n) is 2.76. The molecule has 1 aromatic rings. The molecule has 0 radical (unpaired) electrons. The van der Waals surface area contributed by atoms with Gasteiger partial charge in [-0.1, -0.05) is 17.2 Å². The van der Waals surface area contributed by atoms with Crippen LogP contribution in [0.2, 0.25) is 0 Å². The summed E-state index contributed by atoms with van der Waals surface area (Å²) in [5.41, 5.74) is 0.421. The summed E-state index contributed by atoms with van der Waals surface area (Å²) in [4.78, 5) is 41.0. The monoisotopic (exact) mass is 291 g/mol. The van der Waals surface area contributed by atoms with Crippen molar-refractivity contribution in [1.82, 2.24) is 5.06 Å². The number of hydroxylamine groups is 2. The van der Waals surface area contributed by atoms with Crippen LogP contribution in [0, 0.1) is 5.92 Å². The lowest BCUT2D eigenvalue weighted by molar-refractivity contribution is -0.175. The molecule has 2 unspecified atom stereocenters. The van der Waals surface area contributed by atoms with Crippen molar-refractivity contribution in [2.24, 2.45) is 5.92 Å². The van der Waals surface area contributed by atoms with E-state index in [-0.39, 0.29) is 17.5 Å². The van der Waals surface area contributed by atoms with Gasteiger partial charge in [0.1, 0.15) is 6.17 Å². The van der Waals surface area contributed by atoms with E-state index in [0.717, 1.165) is 0 Å². The number of hydrogen-bond acceptors (Lipinski definition) is 4. The van der Waals surface area contributed by atoms with Crippen LogP contribution in [-0.2, 0) is 9.63 Å². The van der Waals surface area contributed by atoms with Gasteiger partial charge >= 0.3 is 5.97 Å². The Morgan fingerprint density at radius 1 is 1.14 bits per heavy atom. The van der Waals surface area contributed by atoms with Gasteiger partial charge in [0.2, 0.25) is 0 Å². The molecule has 1 saturated carbocycles. The number of alkyl halides is 1. The van der Waals surface area contributed by atoms with E-state index < -0.39 is 29.9 Å². The van der Waals surface area contributed by atoms with Crippen LogP contribution < -0.4 is 0 Å². The van der Waals surface area contributed by atoms with Crippen LogP contribution in [0.4, 0.5) is 4.39 Å². The van der Waals surface area contributed by atoms with E-state index in [2.05, 4.69) is 0 Å². The molecular formula is C15H14FNO4. The van der Waals surface area contributed by atoms with E-state index in [1.807, 2.05) is 0 Å². The Hall–Kier alpha value is -2.24. The van der Waals surface area contributed by atoms with E-state index in [1.54, 1.807) is 12.1 Å². The molecule has 3 rings (SSSR count). The van der Waals surface area contributed by atoms with Crippen LogP contribution in [0.1, 0.15) is 46.4 Å². The largest absolute Gasteiger partial charge is 0.336 e. The summed E-state index contributed by atoms with van der Waals surface area (Å²) >= 11 is 0. The SMILES string of the molecule is O=C(ON1C(=O)c2ccccc2C1=O)C1CCCC(F)C1. The Morgan fingerprint density at radius 3 is 2.33 bits per heavy atom. The summed E-state index contributed by atoms with van der Waals surface area (Å²) in [6.07, 6.45) is 0.614. The maximum Gasteiger partial charge on any atom is 0.336 e. The molecule has 110 valence electrons. The van der Waals surface area contributed by atoms with Crippen LogP contribution >= 0.6 is 0 Å². The van der Waals surface area contributed by atoms with E-state index in [0.29, 0.717) is 24.3 Å². The molecule has 1 heterocycles. The Morgan fingerprint density at radius 2 is 1.76 bits per heavy atom. The molecule has 0 saturated heterocycles. The Labute approximate surface area is 120 Å². The van der Waals surface area contributed by atoms with Gasteiger partial charge in [-0.05, 0) is 37.8 Å². The Bertz CT molecular complexity index is 580. The summed E-state index contributed by atoms with van der Waals surface area (Å²) < 4.78 is 13.3. The molecule has 6 heteroatoms. The minimum atomic E-state index is -1.03. The number of fused-ring (bicyclic) bond motifs is 1. The number of carbonyl (C=O) groups is 3. The number of rotatable bonds is 2. The highest BCUT2D eigenvalue weighted by Crippen LogP contribution is 2.29. The molecule has 0 N–H and O–H groups in total. The van der Waals surface area contributed by atoms with Crippen LogP contribution in [0.25, 0.3) is 0 Å². The smallest absolute Gasteiger partial charge is 0.329 e. The number of hydrogen-bond donors (Lipinski definition) is 0. The van der Waals surface area contributed by atoms with Crippen molar-refractivity contribution >= 4 is 17.8 Å². The fraction of sp³-hybridized carbons (Fsp3) is 0.400. The van der Waals surface area contributed by atoms with Crippen LogP contribution in [0.5, 0.6) is 0 Å². The topological polar surface area (TPSA) is 63.7 Å². The first-order valence-corrected chi connectivity index (χ1v) is 6.91. The third kappa shape index (κ3) is 2.41. The predicted molar refractivity (Wildman–Crippen MR) is 69.9 cm³/mol. The first kappa shape index (κ1) is 13.7. The maximum atomic E-state index is 13.3. The van der Waals surface area contributed by atoms with Gasteiger partial charge in [-0.15, -0.1) is 0 Å². The van der Waals surface area contributed by atoms with Crippen molar-refractivity contribution in [3.05, 3.63) is 35.4 Å². The molecule has 2 atom stereocenters. The van der Waals surface area contributed by atoms with Gasteiger partial charge in [-0.2, -0.15) is 0 Å². The van der Waals surface area contributed by atoms with E-state index in [1.165, 1.54) is 12.1 Å². The standard InChI is InChI=1S/C15H14FNO4/c16-10-5-3-4-9(8-10)15(20)21-17-13(18)11-6-1-2-7-12(11)14(17)19/h1-2,6-7,9-10H,3-5,8H2. The molecule has 1 aliphatic carbocycles. The lowest BCUT2D eigenvalue weighted by Crippen LogP contribution is -2.36. The Kier molecular flexibility index (Phi) is 3.45. The van der Waals surface area contributed by atoms with Crippen molar-refractivity contribution in [3.8, 4) is 0 Å². The number of benzene rings is 1. The zero-order valence-corrected chi connectivity index (χ0v) is 11.3. The Balaban J connectivity index is 1.73. The first-order valence-electron chi connectivity index (χ1n) is 6.91. The average molecular weight is 291 g/mol. The highest BCUT2D eigenvalue weighted by molar-refractivity contribution is 6.20. The van der Waals surface area contributed by atoms with Gasteiger partial charge < -0.3 is 4.84 Å². The zero-order valence-electron chi connectivity index (χ0n) is 11.3. The van der Waals surface area contributed by atoms with Crippen molar-refractivity contribution in [2.75, 3.05) is 0 Å². The van der Waals surface area contributed by atoms with Gasteiger partial charge in [0, 0.05) is 0 Å². The second kappa shape index (κ2) is 5.27. The predicted octanol–water partition coefficient (Wildman–Crippen LogP) is 2.27. The summed E-state index contributed by atoms with van der Waals surface area (Å²) in [5.74, 6) is -2.63. The third-order valence-electron chi connectivity index (χ3n) is 3.88. The third-order valence-corrected chi connectivity index (χ3v) is 3.88. The zero-order chi connectivity index (χ0) is 15.0. The molecule has 21 heavy (non-hydrogen) atoms. The molecular weight excluding hydrogens is 277 g/mol. The molecule has 1 aromatic carbocycles. The van der Waals surface area contributed by atoms with Crippen molar-refractivity contribution < 1.29 is 23.6 Å². The molecule has 2 aliphatic rings. The second-order valence-electron chi connectivity index (χ2n) is 5.32. The molecule has 1 fully saturated rings. The first-order chi connectivity index (χ1) is 10.1. The van der Waals surface area contributed by atoms with Crippen LogP contribution in [0.3, 0.4) is 0 Å². The maximum absolute atomic E-state index is 13.3. The molecule has 0 spiro atoms. The quantitative estimate of drug-likeness (QED) is 0.784. The highest BCUT2D eigenvalue weighted by atomic mass is 19.1. The van der Waals surface area contributed by atoms with Gasteiger partial charge in [0.05, 0.1) is 17.0 Å². The number of carbonyl (C=O) groups excluding carboxylic acids is 3. The van der Waals surface area contributed by atoms with Gasteiger partial charge in [0.25, 0.3) is 11.8 Å². The van der Waals surface area contributed by atoms with E-state index >= 15 is 0 Å². The van der Waals surface area contributed by atoms with Crippen LogP contribution in [0.15, 0.2) is 24.3 Å². The number of halogens is 1. The number of imide groups is 1. The summed E-state index contributed by atoms with van der Waals surface area (Å²) in [7, 11) is 0. The normalized spacial score (nSPS) is 24.9. The van der Waals surface area contributed by atoms with Crippen LogP contribution in [-0.4, -0.2) is 29.0 Å². The minimum absolute atomic E-state index is 0.0853. The number of amides is 2. The lowest BCUT2D eigenvalue weighted by Gasteiger charge is -2.24. The van der Waals surface area contributed by atoms with E-state index in [9.17, 15) is 18.8 Å². The molecule has 5 nitrogen and oxygen atoms in total. The van der Waals surface area contributed by atoms with Gasteiger partial charge in [-0.25, -0.2) is 9.18 Å². The molecule has 1 aliphatic heterocycles.